The van der Waals surface area contributed by atoms with Crippen molar-refractivity contribution in [3.63, 3.8) is 0 Å². The van der Waals surface area contributed by atoms with Crippen LogP contribution in [0.2, 0.25) is 0 Å². The summed E-state index contributed by atoms with van der Waals surface area (Å²) in [6.07, 6.45) is 1.31. The minimum Gasteiger partial charge on any atom is -0.485 e. The molecular formula is C23H23NO2. The Hall–Kier alpha value is -3.07. The van der Waals surface area contributed by atoms with Crippen LogP contribution in [0.3, 0.4) is 0 Å². The molecule has 0 amide bonds. The Morgan fingerprint density at radius 3 is 1.85 bits per heavy atom. The molecule has 3 nitrogen and oxygen atoms in total. The standard InChI is InChI=1S/C23H23NO2/c1-17-5-3-7-20(11-17)15-25-22-10-9-19(14-24)13-23(22)26-16-21-8-4-6-18(2)12-21/h3-14,24H,15-16H2,1-2H3. The van der Waals surface area contributed by atoms with Crippen molar-refractivity contribution in [2.45, 2.75) is 27.1 Å². The fraction of sp³-hybridized carbons (Fsp3) is 0.174. The lowest BCUT2D eigenvalue weighted by Crippen LogP contribution is -2.01. The van der Waals surface area contributed by atoms with Gasteiger partial charge in [-0.25, -0.2) is 0 Å². The summed E-state index contributed by atoms with van der Waals surface area (Å²) in [5.74, 6) is 1.34. The molecule has 0 bridgehead atoms. The molecule has 26 heavy (non-hydrogen) atoms. The quantitative estimate of drug-likeness (QED) is 0.578. The predicted octanol–water partition coefficient (Wildman–Crippen LogP) is 5.46. The number of hydrogen-bond donors (Lipinski definition) is 1. The SMILES string of the molecule is Cc1cccc(COc2ccc(C=N)cc2OCc2cccc(C)c2)c1. The van der Waals surface area contributed by atoms with Gasteiger partial charge in [-0.2, -0.15) is 0 Å². The topological polar surface area (TPSA) is 42.3 Å². The van der Waals surface area contributed by atoms with Gasteiger partial charge in [-0.15, -0.1) is 0 Å². The highest BCUT2D eigenvalue weighted by Crippen LogP contribution is 2.29. The Morgan fingerprint density at radius 1 is 0.731 bits per heavy atom. The molecule has 1 N–H and O–H groups in total. The first-order chi connectivity index (χ1) is 12.6. The average molecular weight is 345 g/mol. The summed E-state index contributed by atoms with van der Waals surface area (Å²) >= 11 is 0. The molecule has 0 aliphatic rings. The van der Waals surface area contributed by atoms with Crippen molar-refractivity contribution in [3.8, 4) is 11.5 Å². The fourth-order valence-corrected chi connectivity index (χ4v) is 2.77. The fourth-order valence-electron chi connectivity index (χ4n) is 2.77. The van der Waals surface area contributed by atoms with Crippen molar-refractivity contribution in [1.29, 1.82) is 5.41 Å². The second kappa shape index (κ2) is 8.34. The first-order valence-electron chi connectivity index (χ1n) is 8.65. The van der Waals surface area contributed by atoms with E-state index in [9.17, 15) is 0 Å². The molecule has 0 aliphatic heterocycles. The van der Waals surface area contributed by atoms with E-state index in [1.807, 2.05) is 42.5 Å². The molecule has 0 heterocycles. The van der Waals surface area contributed by atoms with Crippen LogP contribution in [0.5, 0.6) is 11.5 Å². The van der Waals surface area contributed by atoms with Gasteiger partial charge in [0.15, 0.2) is 11.5 Å². The van der Waals surface area contributed by atoms with E-state index in [2.05, 4.69) is 38.1 Å². The summed E-state index contributed by atoms with van der Waals surface area (Å²) in [6, 6.07) is 22.1. The zero-order valence-electron chi connectivity index (χ0n) is 15.2. The third kappa shape index (κ3) is 4.73. The highest BCUT2D eigenvalue weighted by Gasteiger charge is 2.08. The van der Waals surface area contributed by atoms with Gasteiger partial charge in [-0.05, 0) is 48.7 Å². The summed E-state index contributed by atoms with van der Waals surface area (Å²) in [5, 5.41) is 7.47. The Bertz CT molecular complexity index is 902. The van der Waals surface area contributed by atoms with Crippen molar-refractivity contribution in [1.82, 2.24) is 0 Å². The molecule has 3 rings (SSSR count). The average Bonchev–Trinajstić information content (AvgIpc) is 2.65. The van der Waals surface area contributed by atoms with E-state index >= 15 is 0 Å². The number of ether oxygens (including phenoxy) is 2. The number of hydrogen-bond acceptors (Lipinski definition) is 3. The molecular weight excluding hydrogens is 322 g/mol. The third-order valence-electron chi connectivity index (χ3n) is 4.09. The van der Waals surface area contributed by atoms with Crippen LogP contribution in [0, 0.1) is 19.3 Å². The monoisotopic (exact) mass is 345 g/mol. The van der Waals surface area contributed by atoms with Gasteiger partial charge in [0, 0.05) is 6.21 Å². The van der Waals surface area contributed by atoms with Crippen LogP contribution in [-0.4, -0.2) is 6.21 Å². The zero-order chi connectivity index (χ0) is 18.4. The van der Waals surface area contributed by atoms with Crippen molar-refractivity contribution in [2.24, 2.45) is 0 Å². The number of rotatable bonds is 7. The van der Waals surface area contributed by atoms with Gasteiger partial charge in [0.25, 0.3) is 0 Å². The predicted molar refractivity (Wildman–Crippen MR) is 105 cm³/mol. The molecule has 0 saturated carbocycles. The lowest BCUT2D eigenvalue weighted by atomic mass is 10.1. The van der Waals surface area contributed by atoms with Crippen molar-refractivity contribution >= 4 is 6.21 Å². The van der Waals surface area contributed by atoms with Crippen LogP contribution >= 0.6 is 0 Å². The van der Waals surface area contributed by atoms with E-state index in [-0.39, 0.29) is 0 Å². The third-order valence-corrected chi connectivity index (χ3v) is 4.09. The number of nitrogens with one attached hydrogen (secondary N) is 1. The van der Waals surface area contributed by atoms with Gasteiger partial charge in [-0.3, -0.25) is 0 Å². The van der Waals surface area contributed by atoms with Crippen LogP contribution in [0.15, 0.2) is 66.7 Å². The molecule has 0 aliphatic carbocycles. The van der Waals surface area contributed by atoms with Crippen molar-refractivity contribution < 1.29 is 9.47 Å². The van der Waals surface area contributed by atoms with Crippen molar-refractivity contribution in [3.05, 3.63) is 94.5 Å². The molecule has 3 aromatic rings. The maximum Gasteiger partial charge on any atom is 0.162 e. The number of benzene rings is 3. The van der Waals surface area contributed by atoms with Crippen LogP contribution in [0.4, 0.5) is 0 Å². The van der Waals surface area contributed by atoms with Gasteiger partial charge in [0.1, 0.15) is 13.2 Å². The highest BCUT2D eigenvalue weighted by atomic mass is 16.5. The summed E-state index contributed by atoms with van der Waals surface area (Å²) in [4.78, 5) is 0. The zero-order valence-corrected chi connectivity index (χ0v) is 15.2. The summed E-state index contributed by atoms with van der Waals surface area (Å²) in [5.41, 5.74) is 5.42. The molecule has 0 radical (unpaired) electrons. The second-order valence-corrected chi connectivity index (χ2v) is 6.41. The Morgan fingerprint density at radius 2 is 1.31 bits per heavy atom. The maximum absolute atomic E-state index is 7.47. The summed E-state index contributed by atoms with van der Waals surface area (Å²) in [6.45, 7) is 5.07. The molecule has 132 valence electrons. The van der Waals surface area contributed by atoms with E-state index in [4.69, 9.17) is 14.9 Å². The van der Waals surface area contributed by atoms with Gasteiger partial charge < -0.3 is 14.9 Å². The van der Waals surface area contributed by atoms with Crippen molar-refractivity contribution in [2.75, 3.05) is 0 Å². The first-order valence-corrected chi connectivity index (χ1v) is 8.65. The lowest BCUT2D eigenvalue weighted by Gasteiger charge is -2.14. The smallest absolute Gasteiger partial charge is 0.162 e. The van der Waals surface area contributed by atoms with E-state index in [0.717, 1.165) is 16.7 Å². The molecule has 0 spiro atoms. The Labute approximate surface area is 154 Å². The molecule has 0 fully saturated rings. The van der Waals surface area contributed by atoms with E-state index < -0.39 is 0 Å². The number of aryl methyl sites for hydroxylation is 2. The Balaban J connectivity index is 1.75. The van der Waals surface area contributed by atoms with Gasteiger partial charge in [0.2, 0.25) is 0 Å². The van der Waals surface area contributed by atoms with Crippen LogP contribution < -0.4 is 9.47 Å². The molecule has 0 atom stereocenters. The maximum atomic E-state index is 7.47. The lowest BCUT2D eigenvalue weighted by molar-refractivity contribution is 0.256. The minimum absolute atomic E-state index is 0.462. The molecule has 3 heteroatoms. The normalized spacial score (nSPS) is 10.4. The van der Waals surface area contributed by atoms with Gasteiger partial charge in [0.05, 0.1) is 0 Å². The van der Waals surface area contributed by atoms with Crippen LogP contribution in [-0.2, 0) is 13.2 Å². The van der Waals surface area contributed by atoms with E-state index in [1.54, 1.807) is 0 Å². The Kier molecular flexibility index (Phi) is 5.69. The van der Waals surface area contributed by atoms with Crippen LogP contribution in [0.25, 0.3) is 0 Å². The summed E-state index contributed by atoms with van der Waals surface area (Å²) in [7, 11) is 0. The van der Waals surface area contributed by atoms with Gasteiger partial charge in [-0.1, -0.05) is 59.7 Å². The first kappa shape index (κ1) is 17.7. The highest BCUT2D eigenvalue weighted by molar-refractivity contribution is 5.78. The minimum atomic E-state index is 0.462. The second-order valence-electron chi connectivity index (χ2n) is 6.41. The largest absolute Gasteiger partial charge is 0.485 e. The molecule has 0 unspecified atom stereocenters. The molecule has 0 saturated heterocycles. The van der Waals surface area contributed by atoms with E-state index in [1.165, 1.54) is 17.3 Å². The van der Waals surface area contributed by atoms with Gasteiger partial charge >= 0.3 is 0 Å². The van der Waals surface area contributed by atoms with Crippen LogP contribution in [0.1, 0.15) is 27.8 Å². The molecule has 3 aromatic carbocycles. The summed E-state index contributed by atoms with van der Waals surface area (Å²) < 4.78 is 12.0. The molecule has 0 aromatic heterocycles. The van der Waals surface area contributed by atoms with E-state index in [0.29, 0.717) is 24.7 Å².